The number of thiophene rings is 1. The Morgan fingerprint density at radius 2 is 1.76 bits per heavy atom. The fourth-order valence-corrected chi connectivity index (χ4v) is 6.17. The molecule has 0 saturated carbocycles. The summed E-state index contributed by atoms with van der Waals surface area (Å²) in [7, 11) is 0. The molecule has 34 heavy (non-hydrogen) atoms. The molecular formula is C27H29N3O2S2. The first-order valence-corrected chi connectivity index (χ1v) is 13.1. The van der Waals surface area contributed by atoms with E-state index in [2.05, 4.69) is 12.2 Å². The molecule has 0 saturated heterocycles. The van der Waals surface area contributed by atoms with E-state index in [4.69, 9.17) is 4.98 Å². The largest absolute Gasteiger partial charge is 0.325 e. The zero-order valence-corrected chi connectivity index (χ0v) is 22.0. The molecule has 0 fully saturated rings. The lowest BCUT2D eigenvalue weighted by molar-refractivity contribution is -0.113. The van der Waals surface area contributed by atoms with Crippen molar-refractivity contribution in [3.63, 3.8) is 0 Å². The number of hydrogen-bond donors (Lipinski definition) is 1. The van der Waals surface area contributed by atoms with Gasteiger partial charge in [0.15, 0.2) is 5.16 Å². The van der Waals surface area contributed by atoms with Crippen LogP contribution in [-0.4, -0.2) is 21.2 Å². The van der Waals surface area contributed by atoms with Crippen LogP contribution in [0.15, 0.2) is 46.3 Å². The Hall–Kier alpha value is -2.90. The molecule has 4 aromatic rings. The van der Waals surface area contributed by atoms with E-state index >= 15 is 0 Å². The van der Waals surface area contributed by atoms with Crippen LogP contribution < -0.4 is 10.9 Å². The molecule has 2 aromatic heterocycles. The van der Waals surface area contributed by atoms with Gasteiger partial charge in [0.1, 0.15) is 4.83 Å². The quantitative estimate of drug-likeness (QED) is 0.255. The number of carbonyl (C=O) groups is 1. The van der Waals surface area contributed by atoms with Crippen molar-refractivity contribution in [3.05, 3.63) is 79.4 Å². The maximum atomic E-state index is 13.8. The Morgan fingerprint density at radius 1 is 1.06 bits per heavy atom. The third kappa shape index (κ3) is 4.55. The van der Waals surface area contributed by atoms with E-state index in [0.29, 0.717) is 10.5 Å². The molecule has 1 N–H and O–H groups in total. The highest BCUT2D eigenvalue weighted by atomic mass is 32.2. The Kier molecular flexibility index (Phi) is 6.96. The Bertz CT molecular complexity index is 1450. The Morgan fingerprint density at radius 3 is 2.44 bits per heavy atom. The van der Waals surface area contributed by atoms with Crippen LogP contribution in [-0.2, 0) is 11.2 Å². The first-order chi connectivity index (χ1) is 16.2. The topological polar surface area (TPSA) is 64.0 Å². The standard InChI is InChI=1S/C27H29N3O2S2/c1-7-20-19(6)34-25-23(20)26(32)30(21-13-15(2)11-12-16(21)3)27(29-25)33-14-22(31)28-24-17(4)9-8-10-18(24)5/h8-13H,7,14H2,1-6H3,(H,28,31). The molecule has 5 nitrogen and oxygen atoms in total. The van der Waals surface area contributed by atoms with E-state index in [-0.39, 0.29) is 17.2 Å². The Labute approximate surface area is 208 Å². The van der Waals surface area contributed by atoms with Crippen molar-refractivity contribution in [1.29, 1.82) is 0 Å². The van der Waals surface area contributed by atoms with Crippen molar-refractivity contribution in [1.82, 2.24) is 9.55 Å². The molecule has 2 heterocycles. The third-order valence-corrected chi connectivity index (χ3v) is 8.01. The highest BCUT2D eigenvalue weighted by Gasteiger charge is 2.21. The second kappa shape index (κ2) is 9.76. The van der Waals surface area contributed by atoms with Gasteiger partial charge in [0, 0.05) is 10.6 Å². The van der Waals surface area contributed by atoms with Crippen LogP contribution in [0, 0.1) is 34.6 Å². The number of thioether (sulfide) groups is 1. The summed E-state index contributed by atoms with van der Waals surface area (Å²) in [5.41, 5.74) is 6.72. The van der Waals surface area contributed by atoms with Crippen LogP contribution in [0.3, 0.4) is 0 Å². The second-order valence-corrected chi connectivity index (χ2v) is 10.7. The number of benzene rings is 2. The lowest BCUT2D eigenvalue weighted by Gasteiger charge is -2.16. The SMILES string of the molecule is CCc1c(C)sc2nc(SCC(=O)Nc3c(C)cccc3C)n(-c3cc(C)ccc3C)c(=O)c12. The number of carbonyl (C=O) groups excluding carboxylic acids is 1. The molecule has 0 spiro atoms. The van der Waals surface area contributed by atoms with Crippen molar-refractivity contribution in [2.45, 2.75) is 53.1 Å². The maximum Gasteiger partial charge on any atom is 0.267 e. The highest BCUT2D eigenvalue weighted by Crippen LogP contribution is 2.31. The number of nitrogens with one attached hydrogen (secondary N) is 1. The molecular weight excluding hydrogens is 462 g/mol. The van der Waals surface area contributed by atoms with E-state index in [1.54, 1.807) is 15.9 Å². The van der Waals surface area contributed by atoms with Crippen LogP contribution in [0.25, 0.3) is 15.9 Å². The fraction of sp³-hybridized carbons (Fsp3) is 0.296. The minimum absolute atomic E-state index is 0.0717. The summed E-state index contributed by atoms with van der Waals surface area (Å²) in [5.74, 6) is 0.0301. The van der Waals surface area contributed by atoms with Crippen molar-refractivity contribution in [3.8, 4) is 5.69 Å². The van der Waals surface area contributed by atoms with Crippen LogP contribution in [0.2, 0.25) is 0 Å². The van der Waals surface area contributed by atoms with Gasteiger partial charge in [0.2, 0.25) is 5.91 Å². The van der Waals surface area contributed by atoms with Crippen LogP contribution in [0.5, 0.6) is 0 Å². The molecule has 0 radical (unpaired) electrons. The summed E-state index contributed by atoms with van der Waals surface area (Å²) in [6.45, 7) is 12.1. The molecule has 7 heteroatoms. The van der Waals surface area contributed by atoms with E-state index < -0.39 is 0 Å². The number of aromatic nitrogens is 2. The van der Waals surface area contributed by atoms with Gasteiger partial charge in [-0.2, -0.15) is 0 Å². The average molecular weight is 492 g/mol. The number of para-hydroxylation sites is 1. The summed E-state index contributed by atoms with van der Waals surface area (Å²) in [6, 6.07) is 12.0. The first-order valence-electron chi connectivity index (χ1n) is 11.3. The smallest absolute Gasteiger partial charge is 0.267 e. The van der Waals surface area contributed by atoms with Gasteiger partial charge in [-0.1, -0.05) is 49.0 Å². The van der Waals surface area contributed by atoms with Crippen LogP contribution in [0.1, 0.15) is 39.6 Å². The lowest BCUT2D eigenvalue weighted by atomic mass is 10.1. The summed E-state index contributed by atoms with van der Waals surface area (Å²) < 4.78 is 1.69. The number of anilines is 1. The number of amides is 1. The van der Waals surface area contributed by atoms with E-state index in [1.807, 2.05) is 71.0 Å². The van der Waals surface area contributed by atoms with Gasteiger partial charge in [0.25, 0.3) is 5.56 Å². The van der Waals surface area contributed by atoms with E-state index in [1.165, 1.54) is 11.8 Å². The number of fused-ring (bicyclic) bond motifs is 1. The van der Waals surface area contributed by atoms with E-state index in [9.17, 15) is 9.59 Å². The van der Waals surface area contributed by atoms with Gasteiger partial charge in [-0.3, -0.25) is 14.2 Å². The van der Waals surface area contributed by atoms with E-state index in [0.717, 1.165) is 55.3 Å². The average Bonchev–Trinajstić information content (AvgIpc) is 3.12. The number of hydrogen-bond acceptors (Lipinski definition) is 5. The summed E-state index contributed by atoms with van der Waals surface area (Å²) >= 11 is 2.84. The number of aryl methyl sites for hydroxylation is 6. The molecule has 0 aliphatic rings. The summed E-state index contributed by atoms with van der Waals surface area (Å²) in [6.07, 6.45) is 0.778. The van der Waals surface area contributed by atoms with Crippen molar-refractivity contribution >= 4 is 44.9 Å². The van der Waals surface area contributed by atoms with Crippen LogP contribution >= 0.6 is 23.1 Å². The number of nitrogens with zero attached hydrogens (tertiary/aromatic N) is 2. The normalized spacial score (nSPS) is 11.2. The predicted molar refractivity (Wildman–Crippen MR) is 144 cm³/mol. The zero-order chi connectivity index (χ0) is 24.6. The third-order valence-electron chi connectivity index (χ3n) is 6.03. The molecule has 0 unspecified atom stereocenters. The molecule has 0 aliphatic carbocycles. The van der Waals surface area contributed by atoms with Gasteiger partial charge in [-0.15, -0.1) is 11.3 Å². The van der Waals surface area contributed by atoms with Crippen LogP contribution in [0.4, 0.5) is 5.69 Å². The van der Waals surface area contributed by atoms with Gasteiger partial charge in [0.05, 0.1) is 16.8 Å². The molecule has 4 rings (SSSR count). The van der Waals surface area contributed by atoms with Gasteiger partial charge in [-0.05, 0) is 74.9 Å². The minimum Gasteiger partial charge on any atom is -0.325 e. The highest BCUT2D eigenvalue weighted by molar-refractivity contribution is 7.99. The molecule has 1 amide bonds. The molecule has 2 aromatic carbocycles. The van der Waals surface area contributed by atoms with Gasteiger partial charge in [-0.25, -0.2) is 4.98 Å². The fourth-order valence-electron chi connectivity index (χ4n) is 4.21. The van der Waals surface area contributed by atoms with Gasteiger partial charge < -0.3 is 5.32 Å². The minimum atomic E-state index is -0.124. The number of rotatable bonds is 6. The zero-order valence-electron chi connectivity index (χ0n) is 20.4. The summed E-state index contributed by atoms with van der Waals surface area (Å²) in [4.78, 5) is 33.5. The molecule has 0 bridgehead atoms. The second-order valence-electron chi connectivity index (χ2n) is 8.60. The Balaban J connectivity index is 1.78. The van der Waals surface area contributed by atoms with Gasteiger partial charge >= 0.3 is 0 Å². The van der Waals surface area contributed by atoms with Crippen molar-refractivity contribution in [2.75, 3.05) is 11.1 Å². The summed E-state index contributed by atoms with van der Waals surface area (Å²) in [5, 5.41) is 4.25. The molecule has 176 valence electrons. The van der Waals surface area contributed by atoms with Crippen molar-refractivity contribution in [2.24, 2.45) is 0 Å². The first kappa shape index (κ1) is 24.2. The molecule has 0 aliphatic heterocycles. The predicted octanol–water partition coefficient (Wildman–Crippen LogP) is 6.28. The monoisotopic (exact) mass is 491 g/mol. The van der Waals surface area contributed by atoms with Crippen molar-refractivity contribution < 1.29 is 4.79 Å². The maximum absolute atomic E-state index is 13.8. The molecule has 0 atom stereocenters. The lowest BCUT2D eigenvalue weighted by Crippen LogP contribution is -2.24.